The average molecular weight is 205 g/mol. The van der Waals surface area contributed by atoms with E-state index in [-0.39, 0.29) is 0 Å². The standard InChI is InChI=1S/C15H25/c1-11(2)13(4)10-14(5)15-8-6-12(3)7-9-15/h6,8-9,11,13-14H,7,10H2,1-5H3. The zero-order valence-electron chi connectivity index (χ0n) is 10.9. The lowest BCUT2D eigenvalue weighted by molar-refractivity contribution is 0.353. The molecular weight excluding hydrogens is 180 g/mol. The molecule has 0 heterocycles. The van der Waals surface area contributed by atoms with Gasteiger partial charge in [-0.2, -0.15) is 0 Å². The first-order valence-electron chi connectivity index (χ1n) is 6.21. The second-order valence-corrected chi connectivity index (χ2v) is 5.45. The maximum atomic E-state index is 2.40. The van der Waals surface area contributed by atoms with Crippen molar-refractivity contribution in [1.82, 2.24) is 0 Å². The molecule has 2 unspecified atom stereocenters. The molecule has 0 aromatic carbocycles. The quantitative estimate of drug-likeness (QED) is 0.619. The van der Waals surface area contributed by atoms with Gasteiger partial charge >= 0.3 is 0 Å². The molecule has 0 heteroatoms. The van der Waals surface area contributed by atoms with Crippen molar-refractivity contribution < 1.29 is 0 Å². The van der Waals surface area contributed by atoms with Crippen molar-refractivity contribution in [2.75, 3.05) is 0 Å². The molecule has 85 valence electrons. The number of hydrogen-bond acceptors (Lipinski definition) is 0. The molecule has 1 rings (SSSR count). The van der Waals surface area contributed by atoms with Crippen LogP contribution in [0.3, 0.4) is 0 Å². The predicted molar refractivity (Wildman–Crippen MR) is 68.5 cm³/mol. The maximum Gasteiger partial charge on any atom is 0.00826 e. The van der Waals surface area contributed by atoms with Gasteiger partial charge in [0, 0.05) is 6.42 Å². The van der Waals surface area contributed by atoms with Crippen molar-refractivity contribution in [2.24, 2.45) is 17.8 Å². The Kier molecular flexibility index (Phi) is 4.63. The van der Waals surface area contributed by atoms with Crippen molar-refractivity contribution in [3.8, 4) is 0 Å². The van der Waals surface area contributed by atoms with Gasteiger partial charge in [0.25, 0.3) is 0 Å². The van der Waals surface area contributed by atoms with Crippen LogP contribution in [0.15, 0.2) is 23.3 Å². The van der Waals surface area contributed by atoms with Crippen molar-refractivity contribution in [2.45, 2.75) is 47.5 Å². The Hall–Kier alpha value is -0.520. The highest BCUT2D eigenvalue weighted by molar-refractivity contribution is 5.32. The van der Waals surface area contributed by atoms with E-state index in [0.717, 1.165) is 18.3 Å². The highest BCUT2D eigenvalue weighted by Gasteiger charge is 2.16. The van der Waals surface area contributed by atoms with Crippen LogP contribution in [0.4, 0.5) is 0 Å². The van der Waals surface area contributed by atoms with Gasteiger partial charge in [0.1, 0.15) is 0 Å². The van der Waals surface area contributed by atoms with Gasteiger partial charge in [-0.15, -0.1) is 0 Å². The first-order valence-corrected chi connectivity index (χ1v) is 6.21. The predicted octanol–water partition coefficient (Wildman–Crippen LogP) is 4.79. The van der Waals surface area contributed by atoms with E-state index in [0.29, 0.717) is 5.92 Å². The summed E-state index contributed by atoms with van der Waals surface area (Å²) in [5, 5.41) is 0. The third-order valence-electron chi connectivity index (χ3n) is 3.65. The molecule has 0 aromatic heterocycles. The van der Waals surface area contributed by atoms with E-state index in [2.05, 4.69) is 53.2 Å². The number of rotatable bonds is 4. The third-order valence-corrected chi connectivity index (χ3v) is 3.65. The summed E-state index contributed by atoms with van der Waals surface area (Å²) in [6.07, 6.45) is 9.43. The molecule has 0 saturated heterocycles. The van der Waals surface area contributed by atoms with Crippen LogP contribution >= 0.6 is 0 Å². The zero-order chi connectivity index (χ0) is 11.4. The van der Waals surface area contributed by atoms with Crippen LogP contribution in [-0.4, -0.2) is 0 Å². The monoisotopic (exact) mass is 205 g/mol. The second-order valence-electron chi connectivity index (χ2n) is 5.45. The van der Waals surface area contributed by atoms with Crippen LogP contribution in [-0.2, 0) is 0 Å². The number of hydrogen-bond donors (Lipinski definition) is 0. The smallest absolute Gasteiger partial charge is 0.00826 e. The minimum Gasteiger partial charge on any atom is -0.0804 e. The summed E-state index contributed by atoms with van der Waals surface area (Å²) in [5.74, 6) is 2.34. The summed E-state index contributed by atoms with van der Waals surface area (Å²) in [5.41, 5.74) is 3.01. The van der Waals surface area contributed by atoms with E-state index in [1.165, 1.54) is 17.6 Å². The molecule has 0 saturated carbocycles. The zero-order valence-corrected chi connectivity index (χ0v) is 10.9. The van der Waals surface area contributed by atoms with E-state index in [1.54, 1.807) is 0 Å². The highest BCUT2D eigenvalue weighted by Crippen LogP contribution is 2.29. The van der Waals surface area contributed by atoms with Crippen LogP contribution in [0.2, 0.25) is 0 Å². The van der Waals surface area contributed by atoms with Crippen LogP contribution < -0.4 is 0 Å². The first-order chi connectivity index (χ1) is 7.00. The van der Waals surface area contributed by atoms with Crippen molar-refractivity contribution >= 4 is 0 Å². The van der Waals surface area contributed by atoms with Crippen molar-refractivity contribution in [1.29, 1.82) is 0 Å². The molecule has 0 N–H and O–H groups in total. The minimum atomic E-state index is 0.715. The molecular formula is C15H25. The van der Waals surface area contributed by atoms with E-state index in [9.17, 15) is 0 Å². The lowest BCUT2D eigenvalue weighted by atomic mass is 9.82. The summed E-state index contributed by atoms with van der Waals surface area (Å²) < 4.78 is 0. The van der Waals surface area contributed by atoms with Gasteiger partial charge in [0.15, 0.2) is 0 Å². The molecule has 0 bridgehead atoms. The second kappa shape index (κ2) is 5.53. The summed E-state index contributed by atoms with van der Waals surface area (Å²) in [4.78, 5) is 0. The van der Waals surface area contributed by atoms with Gasteiger partial charge in [-0.05, 0) is 37.5 Å². The summed E-state index contributed by atoms with van der Waals surface area (Å²) >= 11 is 0. The van der Waals surface area contributed by atoms with Crippen molar-refractivity contribution in [3.63, 3.8) is 0 Å². The highest BCUT2D eigenvalue weighted by atomic mass is 14.2. The summed E-state index contributed by atoms with van der Waals surface area (Å²) in [7, 11) is 0. The SMILES string of the molecule is CC1=C[CH]C(C(C)CC(C)C(C)C)=CC1. The molecule has 0 amide bonds. The van der Waals surface area contributed by atoms with Gasteiger partial charge in [-0.25, -0.2) is 0 Å². The Labute approximate surface area is 95.5 Å². The molecule has 1 aliphatic rings. The molecule has 0 aliphatic heterocycles. The van der Waals surface area contributed by atoms with Gasteiger partial charge in [0.05, 0.1) is 0 Å². The fraction of sp³-hybridized carbons (Fsp3) is 0.667. The molecule has 15 heavy (non-hydrogen) atoms. The van der Waals surface area contributed by atoms with E-state index in [4.69, 9.17) is 0 Å². The molecule has 0 nitrogen and oxygen atoms in total. The summed E-state index contributed by atoms with van der Waals surface area (Å²) in [6.45, 7) is 11.6. The molecule has 2 atom stereocenters. The maximum absolute atomic E-state index is 2.40. The lowest BCUT2D eigenvalue weighted by Gasteiger charge is -2.23. The molecule has 0 fully saturated rings. The van der Waals surface area contributed by atoms with Gasteiger partial charge in [-0.3, -0.25) is 0 Å². The van der Waals surface area contributed by atoms with Gasteiger partial charge in [0.2, 0.25) is 0 Å². The Balaban J connectivity index is 2.45. The topological polar surface area (TPSA) is 0 Å². The fourth-order valence-corrected chi connectivity index (χ4v) is 1.98. The van der Waals surface area contributed by atoms with Crippen LogP contribution in [0.5, 0.6) is 0 Å². The van der Waals surface area contributed by atoms with Gasteiger partial charge in [-0.1, -0.05) is 51.0 Å². The van der Waals surface area contributed by atoms with Crippen molar-refractivity contribution in [3.05, 3.63) is 29.7 Å². The van der Waals surface area contributed by atoms with E-state index >= 15 is 0 Å². The van der Waals surface area contributed by atoms with Crippen LogP contribution in [0.25, 0.3) is 0 Å². The van der Waals surface area contributed by atoms with E-state index < -0.39 is 0 Å². The van der Waals surface area contributed by atoms with Crippen LogP contribution in [0.1, 0.15) is 47.5 Å². The Bertz CT molecular complexity index is 255. The summed E-state index contributed by atoms with van der Waals surface area (Å²) in [6, 6.07) is 0. The Morgan fingerprint density at radius 2 is 1.87 bits per heavy atom. The number of allylic oxidation sites excluding steroid dienone is 4. The Morgan fingerprint density at radius 3 is 2.33 bits per heavy atom. The molecule has 1 radical (unpaired) electrons. The van der Waals surface area contributed by atoms with Gasteiger partial charge < -0.3 is 0 Å². The molecule has 0 aromatic rings. The van der Waals surface area contributed by atoms with E-state index in [1.807, 2.05) is 0 Å². The third kappa shape index (κ3) is 3.85. The minimum absolute atomic E-state index is 0.715. The fourth-order valence-electron chi connectivity index (χ4n) is 1.98. The lowest BCUT2D eigenvalue weighted by Crippen LogP contribution is -2.11. The Morgan fingerprint density at radius 1 is 1.20 bits per heavy atom. The first kappa shape index (κ1) is 12.5. The molecule has 0 spiro atoms. The largest absolute Gasteiger partial charge is 0.0804 e. The van der Waals surface area contributed by atoms with Crippen LogP contribution in [0, 0.1) is 24.2 Å². The average Bonchev–Trinajstić information content (AvgIpc) is 2.18. The normalized spacial score (nSPS) is 20.9. The molecule has 1 aliphatic carbocycles.